The van der Waals surface area contributed by atoms with Crippen molar-refractivity contribution in [3.8, 4) is 0 Å². The zero-order chi connectivity index (χ0) is 24.5. The second-order valence-electron chi connectivity index (χ2n) is 7.36. The van der Waals surface area contributed by atoms with Gasteiger partial charge in [-0.25, -0.2) is 0 Å². The summed E-state index contributed by atoms with van der Waals surface area (Å²) in [6.45, 7) is 5.03. The molecule has 3 aromatic carbocycles. The molecule has 8 nitrogen and oxygen atoms in total. The van der Waals surface area contributed by atoms with Crippen LogP contribution in [0.15, 0.2) is 82.8 Å². The van der Waals surface area contributed by atoms with Crippen molar-refractivity contribution in [3.63, 3.8) is 0 Å². The Morgan fingerprint density at radius 2 is 0.882 bits per heavy atom. The summed E-state index contributed by atoms with van der Waals surface area (Å²) in [4.78, 5) is 33.4. The highest BCUT2D eigenvalue weighted by molar-refractivity contribution is 6.07. The summed E-state index contributed by atoms with van der Waals surface area (Å²) in [6, 6.07) is 20.7. The molecule has 0 aliphatic rings. The summed E-state index contributed by atoms with van der Waals surface area (Å²) < 4.78 is 0. The molecule has 0 unspecified atom stereocenters. The lowest BCUT2D eigenvalue weighted by Crippen LogP contribution is -2.16. The van der Waals surface area contributed by atoms with Crippen LogP contribution in [0, 0.1) is 0 Å². The van der Waals surface area contributed by atoms with Gasteiger partial charge >= 0.3 is 0 Å². The van der Waals surface area contributed by atoms with E-state index in [1.165, 1.54) is 0 Å². The maximum absolute atomic E-state index is 12.6. The molecule has 6 N–H and O–H groups in total. The van der Waals surface area contributed by atoms with E-state index in [0.717, 1.165) is 11.1 Å². The summed E-state index contributed by atoms with van der Waals surface area (Å²) in [5, 5.41) is 5.66. The zero-order valence-electron chi connectivity index (χ0n) is 19.2. The van der Waals surface area contributed by atoms with Gasteiger partial charge in [-0.1, -0.05) is 0 Å². The molecular weight excluding hydrogens is 428 g/mol. The first-order chi connectivity index (χ1) is 16.4. The van der Waals surface area contributed by atoms with Gasteiger partial charge in [0.1, 0.15) is 11.7 Å². The number of hydrogen-bond acceptors (Lipinski definition) is 4. The van der Waals surface area contributed by atoms with Crippen molar-refractivity contribution in [2.75, 3.05) is 23.7 Å². The summed E-state index contributed by atoms with van der Waals surface area (Å²) in [5.74, 6) is 0.355. The topological polar surface area (TPSA) is 135 Å². The van der Waals surface area contributed by atoms with Crippen LogP contribution in [0.4, 0.5) is 11.4 Å². The normalized spacial score (nSPS) is 11.7. The second kappa shape index (κ2) is 11.4. The Bertz CT molecular complexity index is 1100. The Morgan fingerprint density at radius 3 is 1.18 bits per heavy atom. The summed E-state index contributed by atoms with van der Waals surface area (Å²) in [6.07, 6.45) is 0. The van der Waals surface area contributed by atoms with Crippen molar-refractivity contribution in [2.24, 2.45) is 21.5 Å². The second-order valence-corrected chi connectivity index (χ2v) is 7.36. The fourth-order valence-electron chi connectivity index (χ4n) is 3.15. The number of nitrogens with two attached hydrogens (primary N) is 2. The average Bonchev–Trinajstić information content (AvgIpc) is 2.85. The van der Waals surface area contributed by atoms with Gasteiger partial charge in [-0.2, -0.15) is 0 Å². The van der Waals surface area contributed by atoms with Crippen LogP contribution in [-0.4, -0.2) is 36.6 Å². The molecule has 0 atom stereocenters. The molecule has 34 heavy (non-hydrogen) atoms. The van der Waals surface area contributed by atoms with Crippen LogP contribution in [0.25, 0.3) is 0 Å². The molecule has 8 heteroatoms. The van der Waals surface area contributed by atoms with Crippen LogP contribution in [-0.2, 0) is 0 Å². The van der Waals surface area contributed by atoms with Gasteiger partial charge in [0.15, 0.2) is 0 Å². The molecule has 0 saturated heterocycles. The molecule has 0 saturated carbocycles. The Morgan fingerprint density at radius 1 is 0.588 bits per heavy atom. The molecule has 0 heterocycles. The van der Waals surface area contributed by atoms with E-state index in [2.05, 4.69) is 20.6 Å². The minimum Gasteiger partial charge on any atom is -0.384 e. The number of aliphatic imine (C=N–C) groups is 2. The molecule has 0 aliphatic carbocycles. The lowest BCUT2D eigenvalue weighted by Gasteiger charge is -2.09. The standard InChI is InChI=1S/C26H28N6O2/c1-3-29-23(27)17-9-13-21(14-10-17)31-25(33)19-5-7-20(8-6-19)26(34)32-22-15-11-18(12-16-22)24(28)30-4-2/h5-16H,3-4H2,1-2H3,(H2,27,29)(H2,28,30)(H,31,33)(H,32,34). The Kier molecular flexibility index (Phi) is 8.12. The third-order valence-corrected chi connectivity index (χ3v) is 4.94. The van der Waals surface area contributed by atoms with Gasteiger partial charge in [0.2, 0.25) is 0 Å². The predicted molar refractivity (Wildman–Crippen MR) is 138 cm³/mol. The van der Waals surface area contributed by atoms with E-state index in [1.807, 2.05) is 13.8 Å². The highest BCUT2D eigenvalue weighted by Crippen LogP contribution is 2.14. The summed E-state index contributed by atoms with van der Waals surface area (Å²) >= 11 is 0. The molecule has 0 fully saturated rings. The van der Waals surface area contributed by atoms with E-state index in [4.69, 9.17) is 11.5 Å². The molecule has 2 amide bonds. The lowest BCUT2D eigenvalue weighted by atomic mass is 10.1. The van der Waals surface area contributed by atoms with E-state index in [1.54, 1.807) is 72.8 Å². The summed E-state index contributed by atoms with van der Waals surface area (Å²) in [7, 11) is 0. The third-order valence-electron chi connectivity index (χ3n) is 4.94. The van der Waals surface area contributed by atoms with Gasteiger partial charge < -0.3 is 22.1 Å². The van der Waals surface area contributed by atoms with Crippen molar-refractivity contribution in [3.05, 3.63) is 95.1 Å². The molecule has 0 aliphatic heterocycles. The number of nitrogens with zero attached hydrogens (tertiary/aromatic N) is 2. The average molecular weight is 457 g/mol. The number of carbonyl (C=O) groups is 2. The molecule has 174 valence electrons. The minimum atomic E-state index is -0.281. The fourth-order valence-corrected chi connectivity index (χ4v) is 3.15. The van der Waals surface area contributed by atoms with Crippen molar-refractivity contribution in [2.45, 2.75) is 13.8 Å². The van der Waals surface area contributed by atoms with E-state index in [9.17, 15) is 9.59 Å². The Labute approximate surface area is 198 Å². The maximum atomic E-state index is 12.6. The molecule has 3 aromatic rings. The largest absolute Gasteiger partial charge is 0.384 e. The van der Waals surface area contributed by atoms with Crippen molar-refractivity contribution < 1.29 is 9.59 Å². The van der Waals surface area contributed by atoms with Crippen molar-refractivity contribution in [1.29, 1.82) is 0 Å². The summed E-state index contributed by atoms with van der Waals surface area (Å²) in [5.41, 5.74) is 15.5. The van der Waals surface area contributed by atoms with Crippen molar-refractivity contribution >= 4 is 34.9 Å². The van der Waals surface area contributed by atoms with Crippen LogP contribution in [0.5, 0.6) is 0 Å². The monoisotopic (exact) mass is 456 g/mol. The molecule has 0 radical (unpaired) electrons. The number of benzene rings is 3. The van der Waals surface area contributed by atoms with Crippen LogP contribution < -0.4 is 22.1 Å². The van der Waals surface area contributed by atoms with Crippen molar-refractivity contribution in [1.82, 2.24) is 0 Å². The highest BCUT2D eigenvalue weighted by atomic mass is 16.2. The first-order valence-electron chi connectivity index (χ1n) is 10.9. The van der Waals surface area contributed by atoms with Gasteiger partial charge in [0.25, 0.3) is 11.8 Å². The first kappa shape index (κ1) is 24.2. The number of amides is 2. The minimum absolute atomic E-state index is 0.281. The van der Waals surface area contributed by atoms with Gasteiger partial charge in [-0.3, -0.25) is 19.6 Å². The lowest BCUT2D eigenvalue weighted by molar-refractivity contribution is 0.101. The van der Waals surface area contributed by atoms with Crippen LogP contribution >= 0.6 is 0 Å². The maximum Gasteiger partial charge on any atom is 0.255 e. The van der Waals surface area contributed by atoms with Gasteiger partial charge in [0.05, 0.1) is 0 Å². The Hall–Kier alpha value is -4.46. The van der Waals surface area contributed by atoms with Gasteiger partial charge in [0, 0.05) is 46.7 Å². The number of hydrogen-bond donors (Lipinski definition) is 4. The van der Waals surface area contributed by atoms with Gasteiger partial charge in [-0.15, -0.1) is 0 Å². The van der Waals surface area contributed by atoms with E-state index in [-0.39, 0.29) is 11.8 Å². The SMILES string of the molecule is CCN=C(N)c1ccc(NC(=O)c2ccc(C(=O)Nc3ccc(C(N)=NCC)cc3)cc2)cc1. The number of amidine groups is 2. The van der Waals surface area contributed by atoms with Crippen LogP contribution in [0.1, 0.15) is 45.7 Å². The molecule has 3 rings (SSSR count). The predicted octanol–water partition coefficient (Wildman–Crippen LogP) is 3.64. The number of rotatable bonds is 8. The molecule has 0 aromatic heterocycles. The third kappa shape index (κ3) is 6.29. The molecule has 0 spiro atoms. The fraction of sp³-hybridized carbons (Fsp3) is 0.154. The smallest absolute Gasteiger partial charge is 0.255 e. The van der Waals surface area contributed by atoms with E-state index < -0.39 is 0 Å². The van der Waals surface area contributed by atoms with E-state index >= 15 is 0 Å². The molecular formula is C26H28N6O2. The van der Waals surface area contributed by atoms with Crippen LogP contribution in [0.3, 0.4) is 0 Å². The number of nitrogens with one attached hydrogen (secondary N) is 2. The van der Waals surface area contributed by atoms with Crippen LogP contribution in [0.2, 0.25) is 0 Å². The van der Waals surface area contributed by atoms with E-state index in [0.29, 0.717) is 47.3 Å². The number of carbonyl (C=O) groups excluding carboxylic acids is 2. The number of anilines is 2. The molecule has 0 bridgehead atoms. The zero-order valence-corrected chi connectivity index (χ0v) is 19.2. The first-order valence-corrected chi connectivity index (χ1v) is 10.9. The highest BCUT2D eigenvalue weighted by Gasteiger charge is 2.10. The Balaban J connectivity index is 1.60. The van der Waals surface area contributed by atoms with Gasteiger partial charge in [-0.05, 0) is 86.6 Å². The quantitative estimate of drug-likeness (QED) is 0.304.